The lowest BCUT2D eigenvalue weighted by atomic mass is 9.95. The molecule has 0 radical (unpaired) electrons. The number of amides is 3. The summed E-state index contributed by atoms with van der Waals surface area (Å²) in [6.07, 6.45) is 7.95. The number of urea groups is 1. The van der Waals surface area contributed by atoms with Crippen LogP contribution in [0.25, 0.3) is 0 Å². The molecule has 3 aliphatic heterocycles. The Morgan fingerprint density at radius 1 is 1.12 bits per heavy atom. The standard InChI is InChI=1S/C34H41ClN6O2/c1-3-8-33(42)38-20-17-32-31(23-38)36-24(2)41(32)30-21-28-15-16-29(22-30)39(28)18-7-19-40(27-9-5-4-6-10-27)34(43)37-26-13-11-25(35)12-14-26/h4-5,9,11-14,28-30H,3,7-8,15-23H2,1-2H3,(H,37,43)/t28-,29+,30?. The molecular formula is C34H41ClN6O2. The monoisotopic (exact) mass is 600 g/mol. The number of imidazole rings is 1. The van der Waals surface area contributed by atoms with E-state index in [0.717, 1.165) is 56.7 Å². The van der Waals surface area contributed by atoms with Crippen molar-refractivity contribution in [1.82, 2.24) is 19.4 Å². The summed E-state index contributed by atoms with van der Waals surface area (Å²) >= 11 is 6.03. The fraction of sp³-hybridized carbons (Fsp3) is 0.500. The summed E-state index contributed by atoms with van der Waals surface area (Å²) in [5.41, 5.74) is 3.85. The maximum atomic E-state index is 13.3. The molecule has 4 heterocycles. The van der Waals surface area contributed by atoms with Crippen molar-refractivity contribution >= 4 is 34.9 Å². The van der Waals surface area contributed by atoms with Gasteiger partial charge in [-0.2, -0.15) is 0 Å². The summed E-state index contributed by atoms with van der Waals surface area (Å²) in [4.78, 5) is 37.3. The molecule has 226 valence electrons. The van der Waals surface area contributed by atoms with Crippen molar-refractivity contribution in [2.24, 2.45) is 0 Å². The molecule has 3 atom stereocenters. The van der Waals surface area contributed by atoms with Crippen molar-refractivity contribution in [2.75, 3.05) is 29.9 Å². The van der Waals surface area contributed by atoms with E-state index in [1.807, 2.05) is 29.2 Å². The summed E-state index contributed by atoms with van der Waals surface area (Å²) < 4.78 is 2.52. The lowest BCUT2D eigenvalue weighted by molar-refractivity contribution is -0.132. The largest absolute Gasteiger partial charge is 0.336 e. The molecule has 3 amide bonds. The Morgan fingerprint density at radius 3 is 2.58 bits per heavy atom. The number of carbonyl (C=O) groups is 2. The highest BCUT2D eigenvalue weighted by atomic mass is 35.5. The normalized spacial score (nSPS) is 21.3. The molecule has 0 spiro atoms. The van der Waals surface area contributed by atoms with E-state index >= 15 is 0 Å². The number of hydrogen-bond acceptors (Lipinski definition) is 4. The first-order valence-electron chi connectivity index (χ1n) is 15.7. The average molecular weight is 601 g/mol. The second-order valence-corrected chi connectivity index (χ2v) is 12.5. The first-order valence-corrected chi connectivity index (χ1v) is 16.1. The molecule has 2 saturated heterocycles. The minimum Gasteiger partial charge on any atom is -0.336 e. The maximum Gasteiger partial charge on any atom is 0.326 e. The summed E-state index contributed by atoms with van der Waals surface area (Å²) in [5.74, 6) is 1.34. The number of aromatic nitrogens is 2. The Bertz CT molecular complexity index is 1410. The fourth-order valence-corrected chi connectivity index (χ4v) is 7.53. The SMILES string of the molecule is CCCC(=O)N1CCc2c(nc(C)n2C2C[C@H]3CC[C@@H](C2)N3CCCN(C(=O)Nc2ccc(Cl)cc2)c2c#cccc2)C1. The van der Waals surface area contributed by atoms with Crippen LogP contribution < -0.4 is 10.2 Å². The van der Waals surface area contributed by atoms with E-state index in [0.29, 0.717) is 54.0 Å². The summed E-state index contributed by atoms with van der Waals surface area (Å²) in [7, 11) is 0. The molecule has 8 nitrogen and oxygen atoms in total. The molecule has 1 N–H and O–H groups in total. The van der Waals surface area contributed by atoms with Crippen LogP contribution in [-0.4, -0.2) is 63.0 Å². The van der Waals surface area contributed by atoms with Crippen LogP contribution in [0, 0.1) is 19.1 Å². The van der Waals surface area contributed by atoms with Gasteiger partial charge in [0.05, 0.1) is 17.9 Å². The van der Waals surface area contributed by atoms with Crippen molar-refractivity contribution < 1.29 is 9.59 Å². The van der Waals surface area contributed by atoms with Crippen molar-refractivity contribution in [1.29, 1.82) is 0 Å². The number of fused-ring (bicyclic) bond motifs is 3. The lowest BCUT2D eigenvalue weighted by Crippen LogP contribution is -2.45. The zero-order valence-electron chi connectivity index (χ0n) is 25.2. The third-order valence-electron chi connectivity index (χ3n) is 9.33. The Morgan fingerprint density at radius 2 is 1.88 bits per heavy atom. The van der Waals surface area contributed by atoms with Gasteiger partial charge in [0.25, 0.3) is 0 Å². The zero-order chi connectivity index (χ0) is 29.9. The van der Waals surface area contributed by atoms with Gasteiger partial charge >= 0.3 is 6.03 Å². The van der Waals surface area contributed by atoms with Crippen molar-refractivity contribution in [2.45, 2.75) is 89.9 Å². The van der Waals surface area contributed by atoms with Crippen LogP contribution in [0.5, 0.6) is 0 Å². The highest BCUT2D eigenvalue weighted by Crippen LogP contribution is 2.42. The number of anilines is 2. The van der Waals surface area contributed by atoms with E-state index in [-0.39, 0.29) is 11.9 Å². The van der Waals surface area contributed by atoms with Crippen molar-refractivity contribution in [3.63, 3.8) is 0 Å². The van der Waals surface area contributed by atoms with E-state index in [9.17, 15) is 9.59 Å². The number of rotatable bonds is 9. The van der Waals surface area contributed by atoms with Crippen LogP contribution in [-0.2, 0) is 17.8 Å². The molecule has 1 aromatic heterocycles. The molecule has 2 bridgehead atoms. The Balaban J connectivity index is 1.08. The van der Waals surface area contributed by atoms with Gasteiger partial charge in [-0.3, -0.25) is 14.6 Å². The number of halogens is 1. The first kappa shape index (κ1) is 29.5. The Labute approximate surface area is 260 Å². The minimum atomic E-state index is -0.185. The topological polar surface area (TPSA) is 73.7 Å². The summed E-state index contributed by atoms with van der Waals surface area (Å²) in [6, 6.07) is 20.2. The van der Waals surface area contributed by atoms with E-state index in [1.54, 1.807) is 23.1 Å². The third-order valence-corrected chi connectivity index (χ3v) is 9.58. The second-order valence-electron chi connectivity index (χ2n) is 12.1. The predicted molar refractivity (Wildman–Crippen MR) is 169 cm³/mol. The highest BCUT2D eigenvalue weighted by Gasteiger charge is 2.42. The van der Waals surface area contributed by atoms with Crippen LogP contribution in [0.15, 0.2) is 42.5 Å². The van der Waals surface area contributed by atoms with Crippen molar-refractivity contribution in [3.05, 3.63) is 76.8 Å². The van der Waals surface area contributed by atoms with E-state index in [2.05, 4.69) is 40.8 Å². The number of piperidine rings is 1. The van der Waals surface area contributed by atoms with E-state index in [1.165, 1.54) is 18.5 Å². The third kappa shape index (κ3) is 6.39. The van der Waals surface area contributed by atoms with Gasteiger partial charge < -0.3 is 14.8 Å². The molecule has 3 aliphatic rings. The molecule has 1 unspecified atom stereocenters. The number of benzene rings is 1. The number of carbonyl (C=O) groups excluding carboxylic acids is 2. The van der Waals surface area contributed by atoms with Gasteiger partial charge in [0.15, 0.2) is 0 Å². The lowest BCUT2D eigenvalue weighted by Gasteiger charge is -2.41. The van der Waals surface area contributed by atoms with Gasteiger partial charge in [0.1, 0.15) is 5.82 Å². The van der Waals surface area contributed by atoms with Gasteiger partial charge in [0, 0.05) is 67.0 Å². The number of aryl methyl sites for hydroxylation is 1. The number of nitrogens with one attached hydrogen (secondary N) is 1. The Kier molecular flexibility index (Phi) is 8.92. The summed E-state index contributed by atoms with van der Waals surface area (Å²) in [6.45, 7) is 7.18. The molecule has 0 aliphatic carbocycles. The van der Waals surface area contributed by atoms with E-state index in [4.69, 9.17) is 16.6 Å². The zero-order valence-corrected chi connectivity index (χ0v) is 25.9. The Hall–Kier alpha value is -3.54. The predicted octanol–water partition coefficient (Wildman–Crippen LogP) is 6.43. The van der Waals surface area contributed by atoms with Gasteiger partial charge in [-0.1, -0.05) is 30.7 Å². The van der Waals surface area contributed by atoms with Crippen LogP contribution in [0.4, 0.5) is 16.2 Å². The van der Waals surface area contributed by atoms with Crippen LogP contribution >= 0.6 is 11.6 Å². The highest BCUT2D eigenvalue weighted by molar-refractivity contribution is 6.30. The molecule has 6 rings (SSSR count). The van der Waals surface area contributed by atoms with Crippen LogP contribution in [0.2, 0.25) is 5.02 Å². The molecule has 2 fully saturated rings. The van der Waals surface area contributed by atoms with Crippen LogP contribution in [0.3, 0.4) is 0 Å². The van der Waals surface area contributed by atoms with Gasteiger partial charge in [-0.05, 0) is 87.9 Å². The van der Waals surface area contributed by atoms with Crippen LogP contribution in [0.1, 0.15) is 75.1 Å². The molecule has 9 heteroatoms. The van der Waals surface area contributed by atoms with E-state index < -0.39 is 0 Å². The minimum absolute atomic E-state index is 0.185. The maximum absolute atomic E-state index is 13.3. The fourth-order valence-electron chi connectivity index (χ4n) is 7.40. The van der Waals surface area contributed by atoms with Crippen molar-refractivity contribution in [3.8, 4) is 0 Å². The van der Waals surface area contributed by atoms with Gasteiger partial charge in [-0.25, -0.2) is 9.78 Å². The molecule has 2 aromatic carbocycles. The second kappa shape index (κ2) is 13.0. The number of nitrogens with zero attached hydrogens (tertiary/aromatic N) is 5. The number of hydrogen-bond donors (Lipinski definition) is 1. The van der Waals surface area contributed by atoms with Gasteiger partial charge in [0.2, 0.25) is 5.91 Å². The average Bonchev–Trinajstić information content (AvgIpc) is 3.46. The smallest absolute Gasteiger partial charge is 0.326 e. The molecule has 3 aromatic rings. The molecule has 0 saturated carbocycles. The first-order chi connectivity index (χ1) is 20.9. The van der Waals surface area contributed by atoms with Gasteiger partial charge in [-0.15, -0.1) is 0 Å². The summed E-state index contributed by atoms with van der Waals surface area (Å²) in [5, 5.41) is 3.64. The quantitative estimate of drug-likeness (QED) is 0.307. The molecular weight excluding hydrogens is 560 g/mol. The molecule has 43 heavy (non-hydrogen) atoms.